The first-order valence-corrected chi connectivity index (χ1v) is 7.87. The van der Waals surface area contributed by atoms with Crippen molar-refractivity contribution in [1.29, 1.82) is 0 Å². The molecule has 0 aliphatic heterocycles. The van der Waals surface area contributed by atoms with Gasteiger partial charge < -0.3 is 5.11 Å². The molecular formula is C10H11F2NO4S2. The van der Waals surface area contributed by atoms with E-state index in [1.165, 1.54) is 0 Å². The van der Waals surface area contributed by atoms with Crippen molar-refractivity contribution in [1.82, 2.24) is 0 Å². The highest BCUT2D eigenvalue weighted by Crippen LogP contribution is 2.38. The van der Waals surface area contributed by atoms with Gasteiger partial charge in [0.25, 0.3) is 10.0 Å². The average molecular weight is 311 g/mol. The van der Waals surface area contributed by atoms with Gasteiger partial charge in [-0.15, -0.1) is 11.3 Å². The number of sulfonamides is 1. The van der Waals surface area contributed by atoms with Crippen LogP contribution in [0.15, 0.2) is 0 Å². The molecular weight excluding hydrogens is 300 g/mol. The van der Waals surface area contributed by atoms with Crippen molar-refractivity contribution in [3.63, 3.8) is 0 Å². The molecule has 0 aromatic carbocycles. The molecule has 0 atom stereocenters. The lowest BCUT2D eigenvalue weighted by Crippen LogP contribution is -2.21. The fraction of sp³-hybridized carbons (Fsp3) is 0.500. The summed E-state index contributed by atoms with van der Waals surface area (Å²) in [5.41, 5.74) is 0.375. The molecule has 1 aliphatic carbocycles. The van der Waals surface area contributed by atoms with Crippen LogP contribution in [0.2, 0.25) is 0 Å². The van der Waals surface area contributed by atoms with Crippen LogP contribution in [-0.4, -0.2) is 25.3 Å². The van der Waals surface area contributed by atoms with E-state index in [1.807, 2.05) is 0 Å². The van der Waals surface area contributed by atoms with E-state index >= 15 is 0 Å². The van der Waals surface area contributed by atoms with Crippen LogP contribution in [0.1, 0.15) is 33.6 Å². The van der Waals surface area contributed by atoms with E-state index in [-0.39, 0.29) is 10.6 Å². The summed E-state index contributed by atoms with van der Waals surface area (Å²) in [5, 5.41) is 8.91. The maximum atomic E-state index is 12.3. The monoisotopic (exact) mass is 311 g/mol. The third-order valence-corrected chi connectivity index (χ3v) is 5.15. The Morgan fingerprint density at radius 3 is 2.53 bits per heavy atom. The lowest BCUT2D eigenvalue weighted by atomic mass is 9.96. The Labute approximate surface area is 112 Å². The van der Waals surface area contributed by atoms with Crippen molar-refractivity contribution in [3.05, 3.63) is 16.0 Å². The van der Waals surface area contributed by atoms with Crippen LogP contribution in [0.4, 0.5) is 13.8 Å². The van der Waals surface area contributed by atoms with Gasteiger partial charge in [-0.3, -0.25) is 4.72 Å². The molecule has 0 saturated heterocycles. The number of fused-ring (bicyclic) bond motifs is 1. The van der Waals surface area contributed by atoms with Gasteiger partial charge in [-0.05, 0) is 31.2 Å². The second-order valence-corrected chi connectivity index (χ2v) is 6.88. The molecule has 0 radical (unpaired) electrons. The van der Waals surface area contributed by atoms with Gasteiger partial charge in [0.1, 0.15) is 5.00 Å². The number of halogens is 2. The first-order chi connectivity index (χ1) is 8.83. The topological polar surface area (TPSA) is 83.5 Å². The van der Waals surface area contributed by atoms with Crippen molar-refractivity contribution in [3.8, 4) is 0 Å². The van der Waals surface area contributed by atoms with E-state index < -0.39 is 21.8 Å². The summed E-state index contributed by atoms with van der Waals surface area (Å²) in [6, 6.07) is 0. The number of carboxylic acid groups (broad SMARTS) is 1. The van der Waals surface area contributed by atoms with Gasteiger partial charge in [0.15, 0.2) is 0 Å². The van der Waals surface area contributed by atoms with E-state index in [0.717, 1.165) is 29.1 Å². The van der Waals surface area contributed by atoms with Crippen LogP contribution in [0.3, 0.4) is 0 Å². The fourth-order valence-corrected chi connectivity index (χ4v) is 4.14. The van der Waals surface area contributed by atoms with Crippen LogP contribution < -0.4 is 4.72 Å². The third-order valence-electron chi connectivity index (χ3n) is 2.85. The zero-order chi connectivity index (χ0) is 14.2. The number of aryl methyl sites for hydroxylation is 1. The Bertz CT molecular complexity index is 609. The molecule has 9 heteroatoms. The second kappa shape index (κ2) is 5.04. The SMILES string of the molecule is O=C(O)c1c(NS(=O)(=O)C(F)F)sc2c1CCCC2. The summed E-state index contributed by atoms with van der Waals surface area (Å²) in [5.74, 6) is -4.89. The summed E-state index contributed by atoms with van der Waals surface area (Å²) >= 11 is 0.930. The molecule has 0 amide bonds. The Balaban J connectivity index is 2.46. The van der Waals surface area contributed by atoms with Crippen molar-refractivity contribution in [2.45, 2.75) is 31.4 Å². The lowest BCUT2D eigenvalue weighted by Gasteiger charge is -2.10. The number of hydrogen-bond donors (Lipinski definition) is 2. The van der Waals surface area contributed by atoms with Gasteiger partial charge in [0.2, 0.25) is 0 Å². The smallest absolute Gasteiger partial charge is 0.355 e. The summed E-state index contributed by atoms with van der Waals surface area (Å²) in [4.78, 5) is 12.0. The van der Waals surface area contributed by atoms with Gasteiger partial charge in [0, 0.05) is 4.88 Å². The molecule has 106 valence electrons. The average Bonchev–Trinajstić information content (AvgIpc) is 2.65. The number of anilines is 1. The van der Waals surface area contributed by atoms with Gasteiger partial charge in [0.05, 0.1) is 5.56 Å². The summed E-state index contributed by atoms with van der Waals surface area (Å²) in [7, 11) is -4.84. The number of aromatic carboxylic acids is 1. The standard InChI is InChI=1S/C10H11F2NO4S2/c11-10(12)19(16,17)13-8-7(9(14)15)5-3-1-2-4-6(5)18-8/h10,13H,1-4H2,(H,14,15). The van der Waals surface area contributed by atoms with E-state index in [9.17, 15) is 22.0 Å². The number of rotatable bonds is 4. The van der Waals surface area contributed by atoms with Gasteiger partial charge in [-0.1, -0.05) is 0 Å². The van der Waals surface area contributed by atoms with E-state index in [0.29, 0.717) is 18.4 Å². The Morgan fingerprint density at radius 2 is 1.95 bits per heavy atom. The Hall–Kier alpha value is -1.22. The van der Waals surface area contributed by atoms with Crippen LogP contribution >= 0.6 is 11.3 Å². The molecule has 1 aliphatic rings. The predicted octanol–water partition coefficient (Wildman–Crippen LogP) is 2.29. The Morgan fingerprint density at radius 1 is 1.32 bits per heavy atom. The van der Waals surface area contributed by atoms with E-state index in [2.05, 4.69) is 0 Å². The van der Waals surface area contributed by atoms with Crippen LogP contribution in [-0.2, 0) is 22.9 Å². The Kier molecular flexibility index (Phi) is 3.77. The lowest BCUT2D eigenvalue weighted by molar-refractivity contribution is 0.0697. The molecule has 0 spiro atoms. The van der Waals surface area contributed by atoms with Crippen molar-refractivity contribution >= 4 is 32.3 Å². The first kappa shape index (κ1) is 14.2. The molecule has 5 nitrogen and oxygen atoms in total. The largest absolute Gasteiger partial charge is 0.478 e. The van der Waals surface area contributed by atoms with Crippen LogP contribution in [0.5, 0.6) is 0 Å². The highest BCUT2D eigenvalue weighted by molar-refractivity contribution is 7.93. The zero-order valence-electron chi connectivity index (χ0n) is 9.65. The first-order valence-electron chi connectivity index (χ1n) is 5.50. The minimum atomic E-state index is -4.84. The number of thiophene rings is 1. The molecule has 0 bridgehead atoms. The molecule has 2 rings (SSSR count). The quantitative estimate of drug-likeness (QED) is 0.893. The normalized spacial score (nSPS) is 15.3. The molecule has 1 heterocycles. The molecule has 1 aromatic rings. The fourth-order valence-electron chi connectivity index (χ4n) is 2.04. The molecule has 1 aromatic heterocycles. The number of alkyl halides is 2. The number of carboxylic acids is 1. The minimum Gasteiger partial charge on any atom is -0.478 e. The van der Waals surface area contributed by atoms with Crippen molar-refractivity contribution in [2.24, 2.45) is 0 Å². The summed E-state index contributed by atoms with van der Waals surface area (Å²) in [6.07, 6.45) is 2.87. The van der Waals surface area contributed by atoms with Gasteiger partial charge in [-0.2, -0.15) is 8.78 Å². The predicted molar refractivity (Wildman–Crippen MR) is 66.5 cm³/mol. The molecule has 0 unspecified atom stereocenters. The highest BCUT2D eigenvalue weighted by Gasteiger charge is 2.30. The number of hydrogen-bond acceptors (Lipinski definition) is 4. The minimum absolute atomic E-state index is 0.191. The second-order valence-electron chi connectivity index (χ2n) is 4.13. The van der Waals surface area contributed by atoms with E-state index in [4.69, 9.17) is 5.11 Å². The molecule has 2 N–H and O–H groups in total. The number of carbonyl (C=O) groups is 1. The van der Waals surface area contributed by atoms with E-state index in [1.54, 1.807) is 4.72 Å². The molecule has 19 heavy (non-hydrogen) atoms. The number of nitrogens with one attached hydrogen (secondary N) is 1. The highest BCUT2D eigenvalue weighted by atomic mass is 32.2. The maximum Gasteiger partial charge on any atom is 0.355 e. The molecule has 0 saturated carbocycles. The van der Waals surface area contributed by atoms with Crippen LogP contribution in [0.25, 0.3) is 0 Å². The van der Waals surface area contributed by atoms with Crippen LogP contribution in [0, 0.1) is 0 Å². The maximum absolute atomic E-state index is 12.3. The zero-order valence-corrected chi connectivity index (χ0v) is 11.3. The molecule has 0 fully saturated rings. The van der Waals surface area contributed by atoms with Gasteiger partial charge >= 0.3 is 11.7 Å². The third kappa shape index (κ3) is 2.71. The van der Waals surface area contributed by atoms with Crippen molar-refractivity contribution in [2.75, 3.05) is 4.72 Å². The summed E-state index contributed by atoms with van der Waals surface area (Å²) in [6.45, 7) is 0. The van der Waals surface area contributed by atoms with Crippen molar-refractivity contribution < 1.29 is 27.1 Å². The summed E-state index contributed by atoms with van der Waals surface area (Å²) < 4.78 is 48.6. The van der Waals surface area contributed by atoms with Gasteiger partial charge in [-0.25, -0.2) is 13.2 Å².